The summed E-state index contributed by atoms with van der Waals surface area (Å²) in [6.07, 6.45) is -7.21. The van der Waals surface area contributed by atoms with E-state index in [1.165, 1.54) is 6.92 Å². The maximum atomic E-state index is 13.9. The van der Waals surface area contributed by atoms with Gasteiger partial charge < -0.3 is 0 Å². The number of alkyl halides is 9. The second kappa shape index (κ2) is 7.46. The number of Topliss-reactive ketones (excluding diaryl/α,β-unsaturated/α-hetero) is 1. The molecule has 4 nitrogen and oxygen atoms in total. The van der Waals surface area contributed by atoms with Crippen LogP contribution in [0.4, 0.5) is 39.5 Å². The van der Waals surface area contributed by atoms with Gasteiger partial charge in [-0.3, -0.25) is 4.79 Å². The third-order valence-electron chi connectivity index (χ3n) is 4.29. The van der Waals surface area contributed by atoms with Gasteiger partial charge in [-0.1, -0.05) is 20.8 Å². The minimum atomic E-state index is -7.36. The number of ketones is 1. The number of carbonyl (C=O) groups is 1. The van der Waals surface area contributed by atoms with E-state index in [0.717, 1.165) is 0 Å². The summed E-state index contributed by atoms with van der Waals surface area (Å²) in [4.78, 5) is 11.7. The Kier molecular flexibility index (Phi) is 6.78. The molecule has 0 amide bonds. The highest BCUT2D eigenvalue weighted by Gasteiger charge is 2.86. The Morgan fingerprint density at radius 1 is 1.00 bits per heavy atom. The van der Waals surface area contributed by atoms with Crippen molar-refractivity contribution in [3.05, 3.63) is 0 Å². The van der Waals surface area contributed by atoms with Crippen molar-refractivity contribution in [1.82, 2.24) is 0 Å². The van der Waals surface area contributed by atoms with E-state index in [-0.39, 0.29) is 24.3 Å². The van der Waals surface area contributed by atoms with Crippen LogP contribution in [0.25, 0.3) is 0 Å². The topological polar surface area (TPSA) is 60.4 Å². The molecule has 0 aromatic rings. The number of hydrogen-bond donors (Lipinski definition) is 0. The fourth-order valence-corrected chi connectivity index (χ4v) is 9.31. The predicted octanol–water partition coefficient (Wildman–Crippen LogP) is 4.89. The van der Waals surface area contributed by atoms with Gasteiger partial charge in [0.25, 0.3) is 0 Å². The van der Waals surface area contributed by atoms with Crippen LogP contribution in [-0.4, -0.2) is 54.7 Å². The molecule has 0 radical (unpaired) electrons. The summed E-state index contributed by atoms with van der Waals surface area (Å²) in [5, 5.41) is -6.92. The molecule has 15 heteroatoms. The van der Waals surface area contributed by atoms with Crippen LogP contribution in [0.2, 0.25) is 0 Å². The normalized spacial score (nSPS) is 26.2. The average molecular weight is 486 g/mol. The molecular formula is C14H19F9O4S2. The van der Waals surface area contributed by atoms with Crippen molar-refractivity contribution >= 4 is 26.2 Å². The van der Waals surface area contributed by atoms with E-state index in [2.05, 4.69) is 3.63 Å². The lowest BCUT2D eigenvalue weighted by Gasteiger charge is -2.38. The van der Waals surface area contributed by atoms with Crippen molar-refractivity contribution in [3.63, 3.8) is 0 Å². The molecule has 1 atom stereocenters. The Morgan fingerprint density at radius 2 is 1.48 bits per heavy atom. The average Bonchev–Trinajstić information content (AvgIpc) is 2.79. The number of hydrogen-bond acceptors (Lipinski definition) is 4. The minimum Gasteiger partial charge on any atom is -0.299 e. The van der Waals surface area contributed by atoms with Gasteiger partial charge in [0.05, 0.1) is 5.75 Å². The Hall–Kier alpha value is -0.700. The molecule has 174 valence electrons. The van der Waals surface area contributed by atoms with Crippen LogP contribution in [0.3, 0.4) is 0 Å². The van der Waals surface area contributed by atoms with Crippen molar-refractivity contribution in [2.45, 2.75) is 56.9 Å². The highest BCUT2D eigenvalue weighted by atomic mass is 32.3. The molecule has 0 aromatic heterocycles. The molecule has 0 bridgehead atoms. The summed E-state index contributed by atoms with van der Waals surface area (Å²) >= 11 is 0. The Bertz CT molecular complexity index is 747. The second-order valence-electron chi connectivity index (χ2n) is 7.45. The van der Waals surface area contributed by atoms with Crippen molar-refractivity contribution in [3.8, 4) is 0 Å². The van der Waals surface area contributed by atoms with Gasteiger partial charge in [-0.05, 0) is 11.8 Å². The van der Waals surface area contributed by atoms with Crippen LogP contribution in [0.15, 0.2) is 0 Å². The molecule has 1 heterocycles. The maximum absolute atomic E-state index is 13.9. The van der Waals surface area contributed by atoms with Gasteiger partial charge in [0.2, 0.25) is 0 Å². The second-order valence-corrected chi connectivity index (χ2v) is 12.3. The van der Waals surface area contributed by atoms with E-state index in [4.69, 9.17) is 0 Å². The van der Waals surface area contributed by atoms with Crippen LogP contribution >= 0.6 is 10.3 Å². The smallest absolute Gasteiger partial charge is 0.299 e. The van der Waals surface area contributed by atoms with Crippen LogP contribution in [-0.2, 0) is 18.5 Å². The molecule has 1 rings (SSSR count). The summed E-state index contributed by atoms with van der Waals surface area (Å²) in [5.41, 5.74) is -0.757. The quantitative estimate of drug-likeness (QED) is 0.459. The van der Waals surface area contributed by atoms with Gasteiger partial charge in [0.1, 0.15) is 5.78 Å². The van der Waals surface area contributed by atoms with E-state index in [9.17, 15) is 52.7 Å². The van der Waals surface area contributed by atoms with Crippen LogP contribution in [0.5, 0.6) is 0 Å². The molecule has 1 saturated heterocycles. The molecule has 1 aliphatic heterocycles. The third-order valence-corrected chi connectivity index (χ3v) is 10.1. The molecule has 0 N–H and O–H groups in total. The zero-order chi connectivity index (χ0) is 23.3. The zero-order valence-corrected chi connectivity index (χ0v) is 17.0. The fourth-order valence-electron chi connectivity index (χ4n) is 2.67. The molecule has 0 spiro atoms. The van der Waals surface area contributed by atoms with Gasteiger partial charge in [0, 0.05) is 17.9 Å². The summed E-state index contributed by atoms with van der Waals surface area (Å²) in [5.74, 6) is -16.7. The molecule has 0 aliphatic carbocycles. The number of rotatable bonds is 8. The van der Waals surface area contributed by atoms with E-state index in [1.54, 1.807) is 13.8 Å². The summed E-state index contributed by atoms with van der Waals surface area (Å²) in [6.45, 7) is 4.42. The highest BCUT2D eigenvalue weighted by Crippen LogP contribution is 2.64. The first kappa shape index (κ1) is 26.3. The van der Waals surface area contributed by atoms with Crippen molar-refractivity contribution in [2.24, 2.45) is 5.41 Å². The maximum Gasteiger partial charge on any atom is 0.460 e. The van der Waals surface area contributed by atoms with Crippen molar-refractivity contribution < 1.29 is 56.4 Å². The summed E-state index contributed by atoms with van der Waals surface area (Å²) in [7, 11) is -10.3. The Balaban J connectivity index is 3.42. The molecule has 1 unspecified atom stereocenters. The Labute approximate surface area is 162 Å². The SMILES string of the molecule is CCC(=O)CS1(OS(=O)(=O)C(F)(F)C(F)(F)C(F)(F)C(F)(F)F)CCC(C)(C)C1. The first-order chi connectivity index (χ1) is 12.6. The van der Waals surface area contributed by atoms with Crippen molar-refractivity contribution in [2.75, 3.05) is 17.3 Å². The lowest BCUT2D eigenvalue weighted by Crippen LogP contribution is -2.63. The minimum absolute atomic E-state index is 0.134. The standard InChI is InChI=1S/C14H19F9O4S2/c1-4-9(24)7-28(6-5-10(2,3)8-28)27-29(25,26)14(22,23)12(17,18)11(15,16)13(19,20)21/h4-8H2,1-3H3. The summed E-state index contributed by atoms with van der Waals surface area (Å²) in [6, 6.07) is 0. The third kappa shape index (κ3) is 4.65. The molecule has 1 aliphatic rings. The lowest BCUT2D eigenvalue weighted by molar-refractivity contribution is -0.382. The summed E-state index contributed by atoms with van der Waals surface area (Å²) < 4.78 is 146. The first-order valence-corrected chi connectivity index (χ1v) is 11.5. The molecule has 1 fully saturated rings. The van der Waals surface area contributed by atoms with Gasteiger partial charge in [-0.15, -0.1) is 10.3 Å². The fraction of sp³-hybridized carbons (Fsp3) is 0.929. The van der Waals surface area contributed by atoms with E-state index >= 15 is 0 Å². The molecule has 29 heavy (non-hydrogen) atoms. The monoisotopic (exact) mass is 486 g/mol. The van der Waals surface area contributed by atoms with Crippen LogP contribution in [0, 0.1) is 5.41 Å². The number of carbonyl (C=O) groups excluding carboxylic acids is 1. The Morgan fingerprint density at radius 3 is 1.83 bits per heavy atom. The van der Waals surface area contributed by atoms with E-state index in [1.807, 2.05) is 0 Å². The van der Waals surface area contributed by atoms with E-state index < -0.39 is 60.7 Å². The van der Waals surface area contributed by atoms with Gasteiger partial charge in [0.15, 0.2) is 0 Å². The molecule has 0 saturated carbocycles. The van der Waals surface area contributed by atoms with Gasteiger partial charge in [-0.25, -0.2) is 3.63 Å². The van der Waals surface area contributed by atoms with E-state index in [0.29, 0.717) is 0 Å². The molecular weight excluding hydrogens is 467 g/mol. The van der Waals surface area contributed by atoms with Crippen LogP contribution in [0.1, 0.15) is 33.6 Å². The molecule has 0 aromatic carbocycles. The first-order valence-electron chi connectivity index (χ1n) is 8.01. The largest absolute Gasteiger partial charge is 0.460 e. The highest BCUT2D eigenvalue weighted by molar-refractivity contribution is 8.33. The van der Waals surface area contributed by atoms with Crippen molar-refractivity contribution in [1.29, 1.82) is 0 Å². The number of halogens is 9. The van der Waals surface area contributed by atoms with Crippen LogP contribution < -0.4 is 0 Å². The lowest BCUT2D eigenvalue weighted by atomic mass is 9.94. The van der Waals surface area contributed by atoms with Gasteiger partial charge in [-0.2, -0.15) is 47.9 Å². The predicted molar refractivity (Wildman–Crippen MR) is 86.8 cm³/mol. The zero-order valence-electron chi connectivity index (χ0n) is 15.4. The van der Waals surface area contributed by atoms with Gasteiger partial charge >= 0.3 is 33.4 Å².